The summed E-state index contributed by atoms with van der Waals surface area (Å²) in [6, 6.07) is 1.99. The summed E-state index contributed by atoms with van der Waals surface area (Å²) in [6.45, 7) is 0.878. The molecule has 1 aliphatic rings. The van der Waals surface area contributed by atoms with E-state index < -0.39 is 5.97 Å². The molecular formula is C11H15N3O2S. The Hall–Kier alpha value is -1.30. The molecule has 1 unspecified atom stereocenters. The van der Waals surface area contributed by atoms with Crippen molar-refractivity contribution in [1.82, 2.24) is 9.97 Å². The van der Waals surface area contributed by atoms with Crippen LogP contribution in [0.4, 0.5) is 5.82 Å². The maximum Gasteiger partial charge on any atom is 0.305 e. The molecule has 0 bridgehead atoms. The molecule has 6 heteroatoms. The minimum absolute atomic E-state index is 0.0668. The molecule has 0 radical (unpaired) electrons. The normalized spacial score (nSPS) is 19.6. The number of carbonyl (C=O) groups is 1. The van der Waals surface area contributed by atoms with Gasteiger partial charge in [0.05, 0.1) is 6.42 Å². The van der Waals surface area contributed by atoms with E-state index in [0.29, 0.717) is 0 Å². The fourth-order valence-corrected chi connectivity index (χ4v) is 2.53. The molecule has 0 amide bonds. The van der Waals surface area contributed by atoms with Gasteiger partial charge < -0.3 is 10.0 Å². The molecule has 1 aromatic rings. The second-order valence-corrected chi connectivity index (χ2v) is 4.83. The highest BCUT2D eigenvalue weighted by atomic mass is 32.2. The van der Waals surface area contributed by atoms with Gasteiger partial charge in [0.1, 0.15) is 17.2 Å². The van der Waals surface area contributed by atoms with E-state index in [0.717, 1.165) is 30.2 Å². The molecule has 2 heterocycles. The molecule has 1 aromatic heterocycles. The molecule has 0 aliphatic carbocycles. The highest BCUT2D eigenvalue weighted by Gasteiger charge is 2.27. The lowest BCUT2D eigenvalue weighted by molar-refractivity contribution is -0.137. The maximum atomic E-state index is 10.8. The summed E-state index contributed by atoms with van der Waals surface area (Å²) in [7, 11) is 0. The SMILES string of the molecule is CSc1cc(N2CCCC2CC(=O)O)ncn1. The summed E-state index contributed by atoms with van der Waals surface area (Å²) in [5, 5.41) is 9.79. The van der Waals surface area contributed by atoms with Crippen molar-refractivity contribution in [2.24, 2.45) is 0 Å². The molecule has 1 fully saturated rings. The van der Waals surface area contributed by atoms with Crippen LogP contribution < -0.4 is 4.90 Å². The fraction of sp³-hybridized carbons (Fsp3) is 0.545. The zero-order chi connectivity index (χ0) is 12.3. The third kappa shape index (κ3) is 2.88. The average molecular weight is 253 g/mol. The largest absolute Gasteiger partial charge is 0.481 e. The molecule has 1 aliphatic heterocycles. The van der Waals surface area contributed by atoms with Crippen LogP contribution >= 0.6 is 11.8 Å². The Morgan fingerprint density at radius 1 is 1.65 bits per heavy atom. The van der Waals surface area contributed by atoms with Gasteiger partial charge in [0.15, 0.2) is 0 Å². The van der Waals surface area contributed by atoms with E-state index in [-0.39, 0.29) is 12.5 Å². The van der Waals surface area contributed by atoms with Gasteiger partial charge in [-0.2, -0.15) is 0 Å². The van der Waals surface area contributed by atoms with Crippen molar-refractivity contribution in [3.63, 3.8) is 0 Å². The van der Waals surface area contributed by atoms with Gasteiger partial charge in [0.2, 0.25) is 0 Å². The summed E-state index contributed by atoms with van der Waals surface area (Å²) in [5.74, 6) is 0.0918. The van der Waals surface area contributed by atoms with E-state index in [1.807, 2.05) is 12.3 Å². The number of nitrogens with zero attached hydrogens (tertiary/aromatic N) is 3. The zero-order valence-corrected chi connectivity index (χ0v) is 10.5. The number of hydrogen-bond donors (Lipinski definition) is 1. The second kappa shape index (κ2) is 5.35. The van der Waals surface area contributed by atoms with Gasteiger partial charge in [-0.1, -0.05) is 0 Å². The predicted octanol–water partition coefficient (Wildman–Crippen LogP) is 1.64. The van der Waals surface area contributed by atoms with Gasteiger partial charge in [-0.25, -0.2) is 9.97 Å². The first-order valence-corrected chi connectivity index (χ1v) is 6.77. The number of anilines is 1. The van der Waals surface area contributed by atoms with Crippen molar-refractivity contribution in [3.05, 3.63) is 12.4 Å². The Bertz CT molecular complexity index is 413. The maximum absolute atomic E-state index is 10.8. The summed E-state index contributed by atoms with van der Waals surface area (Å²) in [4.78, 5) is 21.2. The molecule has 0 aromatic carbocycles. The van der Waals surface area contributed by atoms with Crippen LogP contribution in [0.5, 0.6) is 0 Å². The van der Waals surface area contributed by atoms with Crippen LogP contribution in [0.3, 0.4) is 0 Å². The molecule has 92 valence electrons. The first kappa shape index (κ1) is 12.2. The molecule has 0 spiro atoms. The Balaban J connectivity index is 2.16. The van der Waals surface area contributed by atoms with E-state index in [4.69, 9.17) is 5.11 Å². The molecule has 17 heavy (non-hydrogen) atoms. The van der Waals surface area contributed by atoms with Gasteiger partial charge in [-0.3, -0.25) is 4.79 Å². The topological polar surface area (TPSA) is 66.3 Å². The van der Waals surface area contributed by atoms with E-state index in [9.17, 15) is 4.79 Å². The first-order valence-electron chi connectivity index (χ1n) is 5.55. The molecule has 1 N–H and O–H groups in total. The van der Waals surface area contributed by atoms with E-state index in [1.165, 1.54) is 6.33 Å². The predicted molar refractivity (Wildman–Crippen MR) is 66.4 cm³/mol. The average Bonchev–Trinajstić information content (AvgIpc) is 2.76. The third-order valence-corrected chi connectivity index (χ3v) is 3.56. The lowest BCUT2D eigenvalue weighted by atomic mass is 10.1. The summed E-state index contributed by atoms with van der Waals surface area (Å²) in [6.07, 6.45) is 5.63. The van der Waals surface area contributed by atoms with Crippen LogP contribution in [0.1, 0.15) is 19.3 Å². The van der Waals surface area contributed by atoms with E-state index >= 15 is 0 Å². The number of thioether (sulfide) groups is 1. The number of carboxylic acid groups (broad SMARTS) is 1. The zero-order valence-electron chi connectivity index (χ0n) is 9.67. The Morgan fingerprint density at radius 2 is 2.47 bits per heavy atom. The minimum atomic E-state index is -0.749. The molecule has 1 saturated heterocycles. The molecule has 0 saturated carbocycles. The first-order chi connectivity index (χ1) is 8.20. The second-order valence-electron chi connectivity index (χ2n) is 4.01. The monoisotopic (exact) mass is 253 g/mol. The molecular weight excluding hydrogens is 238 g/mol. The molecule has 2 rings (SSSR count). The van der Waals surface area contributed by atoms with Crippen molar-refractivity contribution < 1.29 is 9.90 Å². The van der Waals surface area contributed by atoms with Gasteiger partial charge in [-0.05, 0) is 19.1 Å². The van der Waals surface area contributed by atoms with Gasteiger partial charge in [0, 0.05) is 18.7 Å². The quantitative estimate of drug-likeness (QED) is 0.650. The summed E-state index contributed by atoms with van der Waals surface area (Å²) >= 11 is 1.56. The molecule has 1 atom stereocenters. The van der Waals surface area contributed by atoms with E-state index in [1.54, 1.807) is 11.8 Å². The fourth-order valence-electron chi connectivity index (χ4n) is 2.15. The Kier molecular flexibility index (Phi) is 3.83. The van der Waals surface area contributed by atoms with Crippen LogP contribution in [-0.2, 0) is 4.79 Å². The Morgan fingerprint density at radius 3 is 3.18 bits per heavy atom. The Labute approximate surface area is 104 Å². The minimum Gasteiger partial charge on any atom is -0.481 e. The summed E-state index contributed by atoms with van der Waals surface area (Å²) < 4.78 is 0. The van der Waals surface area contributed by atoms with Crippen molar-refractivity contribution >= 4 is 23.5 Å². The molecule has 5 nitrogen and oxygen atoms in total. The van der Waals surface area contributed by atoms with Crippen molar-refractivity contribution in [2.45, 2.75) is 30.3 Å². The third-order valence-electron chi connectivity index (χ3n) is 2.92. The van der Waals surface area contributed by atoms with Crippen LogP contribution in [0.25, 0.3) is 0 Å². The van der Waals surface area contributed by atoms with Crippen LogP contribution in [0.2, 0.25) is 0 Å². The number of aliphatic carboxylic acids is 1. The summed E-state index contributed by atoms with van der Waals surface area (Å²) in [5.41, 5.74) is 0. The van der Waals surface area contributed by atoms with Crippen molar-refractivity contribution in [1.29, 1.82) is 0 Å². The van der Waals surface area contributed by atoms with Gasteiger partial charge in [-0.15, -0.1) is 11.8 Å². The standard InChI is InChI=1S/C11H15N3O2S/c1-17-10-6-9(12-7-13-10)14-4-2-3-8(14)5-11(15)16/h6-8H,2-5H2,1H3,(H,15,16). The number of aromatic nitrogens is 2. The number of rotatable bonds is 4. The van der Waals surface area contributed by atoms with Crippen LogP contribution in [0, 0.1) is 0 Å². The van der Waals surface area contributed by atoms with Crippen LogP contribution in [-0.4, -0.2) is 39.9 Å². The number of hydrogen-bond acceptors (Lipinski definition) is 5. The van der Waals surface area contributed by atoms with Gasteiger partial charge in [0.25, 0.3) is 0 Å². The van der Waals surface area contributed by atoms with E-state index in [2.05, 4.69) is 14.9 Å². The van der Waals surface area contributed by atoms with Crippen molar-refractivity contribution in [2.75, 3.05) is 17.7 Å². The smallest absolute Gasteiger partial charge is 0.305 e. The highest BCUT2D eigenvalue weighted by Crippen LogP contribution is 2.27. The highest BCUT2D eigenvalue weighted by molar-refractivity contribution is 7.98. The lowest BCUT2D eigenvalue weighted by Gasteiger charge is -2.24. The number of carboxylic acids is 1. The van der Waals surface area contributed by atoms with Crippen LogP contribution in [0.15, 0.2) is 17.4 Å². The van der Waals surface area contributed by atoms with Crippen molar-refractivity contribution in [3.8, 4) is 0 Å². The lowest BCUT2D eigenvalue weighted by Crippen LogP contribution is -2.31. The van der Waals surface area contributed by atoms with Gasteiger partial charge >= 0.3 is 5.97 Å².